The smallest absolute Gasteiger partial charge is 0.338 e. The number of ether oxygens (including phenoxy) is 1. The number of carbonyl (C=O) groups excluding carboxylic acids is 2. The Kier molecular flexibility index (Phi) is 5.13. The van der Waals surface area contributed by atoms with E-state index < -0.39 is 23.4 Å². The summed E-state index contributed by atoms with van der Waals surface area (Å²) in [6, 6.07) is 7.84. The van der Waals surface area contributed by atoms with Crippen molar-refractivity contribution in [1.29, 1.82) is 0 Å². The van der Waals surface area contributed by atoms with Gasteiger partial charge in [0.1, 0.15) is 5.69 Å². The van der Waals surface area contributed by atoms with Crippen molar-refractivity contribution in [1.82, 2.24) is 4.98 Å². The number of aryl methyl sites for hydroxylation is 1. The minimum atomic E-state index is -0.657. The molecule has 3 rings (SSSR count). The summed E-state index contributed by atoms with van der Waals surface area (Å²) >= 11 is 1.39. The molecule has 0 bridgehead atoms. The molecule has 8 nitrogen and oxygen atoms in total. The fraction of sp³-hybridized carbons (Fsp3) is 0.167. The van der Waals surface area contributed by atoms with E-state index in [9.17, 15) is 19.7 Å². The van der Waals surface area contributed by atoms with Crippen molar-refractivity contribution in [2.24, 2.45) is 0 Å². The van der Waals surface area contributed by atoms with Gasteiger partial charge in [-0.15, -0.1) is 11.3 Å². The molecule has 1 aromatic heterocycles. The van der Waals surface area contributed by atoms with Gasteiger partial charge in [-0.1, -0.05) is 6.07 Å². The van der Waals surface area contributed by atoms with Gasteiger partial charge >= 0.3 is 5.97 Å². The minimum absolute atomic E-state index is 0.104. The third-order valence-corrected chi connectivity index (χ3v) is 4.87. The van der Waals surface area contributed by atoms with Crippen LogP contribution in [0.3, 0.4) is 0 Å². The molecule has 0 aliphatic rings. The first-order chi connectivity index (χ1) is 12.9. The second-order valence-electron chi connectivity index (χ2n) is 5.82. The van der Waals surface area contributed by atoms with E-state index in [0.717, 1.165) is 15.8 Å². The summed E-state index contributed by atoms with van der Waals surface area (Å²) in [5.74, 6) is -1.31. The number of benzene rings is 2. The van der Waals surface area contributed by atoms with Crippen LogP contribution in [0.4, 0.5) is 11.4 Å². The molecule has 0 unspecified atom stereocenters. The van der Waals surface area contributed by atoms with Crippen molar-refractivity contribution >= 4 is 44.8 Å². The van der Waals surface area contributed by atoms with Gasteiger partial charge in [-0.2, -0.15) is 0 Å². The Labute approximate surface area is 157 Å². The molecule has 0 spiro atoms. The van der Waals surface area contributed by atoms with Crippen LogP contribution in [0.25, 0.3) is 10.2 Å². The average molecular weight is 385 g/mol. The van der Waals surface area contributed by atoms with Gasteiger partial charge in [0.15, 0.2) is 6.61 Å². The number of esters is 1. The molecule has 0 aliphatic carbocycles. The van der Waals surface area contributed by atoms with Gasteiger partial charge < -0.3 is 10.1 Å². The van der Waals surface area contributed by atoms with E-state index in [1.807, 2.05) is 0 Å². The maximum absolute atomic E-state index is 12.1. The zero-order chi connectivity index (χ0) is 19.6. The van der Waals surface area contributed by atoms with E-state index in [1.54, 1.807) is 43.6 Å². The van der Waals surface area contributed by atoms with Crippen LogP contribution < -0.4 is 5.32 Å². The summed E-state index contributed by atoms with van der Waals surface area (Å²) in [5.41, 5.74) is 4.02. The second kappa shape index (κ2) is 7.50. The number of rotatable bonds is 5. The molecule has 1 heterocycles. The number of carbonyl (C=O) groups is 2. The standard InChI is InChI=1S/C18H15N3O5S/c1-10-3-6-14(21(24)25)17(11(10)2)20-16(22)8-26-18(23)12-4-5-13-15(7-12)27-9-19-13/h3-7,9H,8H2,1-2H3,(H,20,22). The lowest BCUT2D eigenvalue weighted by Gasteiger charge is -2.11. The van der Waals surface area contributed by atoms with Crippen LogP contribution in [0.5, 0.6) is 0 Å². The molecule has 0 atom stereocenters. The summed E-state index contributed by atoms with van der Waals surface area (Å²) in [7, 11) is 0. The maximum Gasteiger partial charge on any atom is 0.338 e. The normalized spacial score (nSPS) is 10.6. The lowest BCUT2D eigenvalue weighted by molar-refractivity contribution is -0.384. The molecule has 3 aromatic rings. The van der Waals surface area contributed by atoms with Gasteiger partial charge in [0, 0.05) is 6.07 Å². The number of aromatic nitrogens is 1. The first-order valence-corrected chi connectivity index (χ1v) is 8.79. The van der Waals surface area contributed by atoms with Gasteiger partial charge in [0.2, 0.25) is 0 Å². The Balaban J connectivity index is 1.68. The quantitative estimate of drug-likeness (QED) is 0.408. The van der Waals surface area contributed by atoms with Crippen LogP contribution in [0.15, 0.2) is 35.8 Å². The lowest BCUT2D eigenvalue weighted by Crippen LogP contribution is -2.22. The number of nitrogens with one attached hydrogen (secondary N) is 1. The van der Waals surface area contributed by atoms with E-state index in [0.29, 0.717) is 11.1 Å². The molecule has 2 aromatic carbocycles. The molecule has 1 amide bonds. The van der Waals surface area contributed by atoms with Crippen LogP contribution in [-0.4, -0.2) is 28.4 Å². The van der Waals surface area contributed by atoms with Gasteiger partial charge in [-0.05, 0) is 43.2 Å². The predicted octanol–water partition coefficient (Wildman–Crippen LogP) is 3.62. The molecule has 0 saturated heterocycles. The summed E-state index contributed by atoms with van der Waals surface area (Å²) in [5, 5.41) is 13.6. The topological polar surface area (TPSA) is 111 Å². The van der Waals surface area contributed by atoms with Crippen molar-refractivity contribution < 1.29 is 19.2 Å². The van der Waals surface area contributed by atoms with Crippen LogP contribution in [-0.2, 0) is 9.53 Å². The third-order valence-electron chi connectivity index (χ3n) is 4.08. The molecular formula is C18H15N3O5S. The Morgan fingerprint density at radius 3 is 2.78 bits per heavy atom. The molecule has 27 heavy (non-hydrogen) atoms. The van der Waals surface area contributed by atoms with Crippen molar-refractivity contribution in [3.8, 4) is 0 Å². The number of amides is 1. The predicted molar refractivity (Wildman–Crippen MR) is 101 cm³/mol. The summed E-state index contributed by atoms with van der Waals surface area (Å²) in [6.45, 7) is 2.91. The second-order valence-corrected chi connectivity index (χ2v) is 6.70. The third kappa shape index (κ3) is 3.93. The van der Waals surface area contributed by atoms with Crippen LogP contribution >= 0.6 is 11.3 Å². The molecule has 0 radical (unpaired) electrons. The molecule has 9 heteroatoms. The fourth-order valence-electron chi connectivity index (χ4n) is 2.48. The van der Waals surface area contributed by atoms with Gasteiger partial charge in [-0.25, -0.2) is 9.78 Å². The van der Waals surface area contributed by atoms with Crippen LogP contribution in [0.1, 0.15) is 21.5 Å². The van der Waals surface area contributed by atoms with E-state index in [-0.39, 0.29) is 11.4 Å². The van der Waals surface area contributed by atoms with Crippen LogP contribution in [0.2, 0.25) is 0 Å². The number of nitro benzene ring substituents is 1. The number of hydrogen-bond acceptors (Lipinski definition) is 7. The SMILES string of the molecule is Cc1ccc([N+](=O)[O-])c(NC(=O)COC(=O)c2ccc3ncsc3c2)c1C. The number of hydrogen-bond donors (Lipinski definition) is 1. The van der Waals surface area contributed by atoms with E-state index in [2.05, 4.69) is 10.3 Å². The van der Waals surface area contributed by atoms with Gasteiger partial charge in [0.05, 0.1) is 26.2 Å². The Morgan fingerprint density at radius 2 is 2.04 bits per heavy atom. The highest BCUT2D eigenvalue weighted by molar-refractivity contribution is 7.16. The van der Waals surface area contributed by atoms with Crippen molar-refractivity contribution in [3.63, 3.8) is 0 Å². The summed E-state index contributed by atoms with van der Waals surface area (Å²) in [6.07, 6.45) is 0. The zero-order valence-electron chi connectivity index (χ0n) is 14.5. The number of anilines is 1. The van der Waals surface area contributed by atoms with Crippen molar-refractivity contribution in [2.45, 2.75) is 13.8 Å². The highest BCUT2D eigenvalue weighted by atomic mass is 32.1. The Bertz CT molecular complexity index is 1060. The summed E-state index contributed by atoms with van der Waals surface area (Å²) < 4.78 is 5.85. The first kappa shape index (κ1) is 18.5. The molecular weight excluding hydrogens is 370 g/mol. The lowest BCUT2D eigenvalue weighted by atomic mass is 10.1. The number of nitro groups is 1. The molecule has 0 saturated carbocycles. The first-order valence-electron chi connectivity index (χ1n) is 7.91. The average Bonchev–Trinajstić information content (AvgIpc) is 3.11. The molecule has 0 aliphatic heterocycles. The van der Waals surface area contributed by atoms with Crippen LogP contribution in [0, 0.1) is 24.0 Å². The van der Waals surface area contributed by atoms with E-state index in [4.69, 9.17) is 4.74 Å². The Morgan fingerprint density at radius 1 is 1.26 bits per heavy atom. The minimum Gasteiger partial charge on any atom is -0.452 e. The highest BCUT2D eigenvalue weighted by Gasteiger charge is 2.20. The molecule has 1 N–H and O–H groups in total. The number of fused-ring (bicyclic) bond motifs is 1. The highest BCUT2D eigenvalue weighted by Crippen LogP contribution is 2.30. The summed E-state index contributed by atoms with van der Waals surface area (Å²) in [4.78, 5) is 39.0. The van der Waals surface area contributed by atoms with Crippen molar-refractivity contribution in [3.05, 3.63) is 62.6 Å². The van der Waals surface area contributed by atoms with Gasteiger partial charge in [-0.3, -0.25) is 14.9 Å². The van der Waals surface area contributed by atoms with Gasteiger partial charge in [0.25, 0.3) is 11.6 Å². The number of thiazole rings is 1. The largest absolute Gasteiger partial charge is 0.452 e. The maximum atomic E-state index is 12.1. The van der Waals surface area contributed by atoms with E-state index >= 15 is 0 Å². The fourth-order valence-corrected chi connectivity index (χ4v) is 3.20. The van der Waals surface area contributed by atoms with Crippen molar-refractivity contribution in [2.75, 3.05) is 11.9 Å². The Hall–Kier alpha value is -3.33. The monoisotopic (exact) mass is 385 g/mol. The molecule has 138 valence electrons. The van der Waals surface area contributed by atoms with E-state index in [1.165, 1.54) is 17.4 Å². The zero-order valence-corrected chi connectivity index (χ0v) is 15.3. The molecule has 0 fully saturated rings. The number of nitrogens with zero attached hydrogens (tertiary/aromatic N) is 2.